The molecular weight excluding hydrogens is 420 g/mol. The fraction of sp³-hybridized carbons (Fsp3) is 0.263. The largest absolute Gasteiger partial charge is 0.497 e. The Morgan fingerprint density at radius 1 is 0.962 bits per heavy atom. The van der Waals surface area contributed by atoms with Crippen molar-refractivity contribution in [2.75, 3.05) is 33.3 Å². The summed E-state index contributed by atoms with van der Waals surface area (Å²) in [6, 6.07) is 12.2. The quantitative estimate of drug-likeness (QED) is 0.735. The van der Waals surface area contributed by atoms with Crippen molar-refractivity contribution in [3.05, 3.63) is 63.1 Å². The van der Waals surface area contributed by atoms with Crippen molar-refractivity contribution >= 4 is 39.3 Å². The Hall–Kier alpha value is -2.05. The molecule has 1 heterocycles. The highest BCUT2D eigenvalue weighted by molar-refractivity contribution is 9.10. The zero-order valence-electron chi connectivity index (χ0n) is 14.2. The van der Waals surface area contributed by atoms with E-state index in [0.717, 1.165) is 4.47 Å². The van der Waals surface area contributed by atoms with Gasteiger partial charge in [-0.25, -0.2) is 0 Å². The highest BCUT2D eigenvalue weighted by Crippen LogP contribution is 2.24. The highest BCUT2D eigenvalue weighted by Gasteiger charge is 2.26. The van der Waals surface area contributed by atoms with E-state index in [-0.39, 0.29) is 11.8 Å². The standard InChI is InChI=1S/C19H18BrClN2O3/c1-26-15-6-7-17(20)16(12-15)19(25)23-10-8-22(9-11-23)18(24)13-2-4-14(21)5-3-13/h2-7,12H,8-11H2,1H3. The second-order valence-corrected chi connectivity index (χ2v) is 7.23. The average Bonchev–Trinajstić information content (AvgIpc) is 2.68. The lowest BCUT2D eigenvalue weighted by Crippen LogP contribution is -2.50. The minimum absolute atomic E-state index is 0.0451. The van der Waals surface area contributed by atoms with Gasteiger partial charge in [0, 0.05) is 41.2 Å². The van der Waals surface area contributed by atoms with Gasteiger partial charge in [0.05, 0.1) is 12.7 Å². The van der Waals surface area contributed by atoms with Crippen molar-refractivity contribution in [2.45, 2.75) is 0 Å². The van der Waals surface area contributed by atoms with E-state index in [9.17, 15) is 9.59 Å². The Morgan fingerprint density at radius 2 is 1.54 bits per heavy atom. The smallest absolute Gasteiger partial charge is 0.255 e. The van der Waals surface area contributed by atoms with Gasteiger partial charge in [-0.15, -0.1) is 0 Å². The molecule has 0 aromatic heterocycles. The second kappa shape index (κ2) is 8.10. The van der Waals surface area contributed by atoms with Gasteiger partial charge < -0.3 is 14.5 Å². The van der Waals surface area contributed by atoms with E-state index in [4.69, 9.17) is 16.3 Å². The molecule has 0 N–H and O–H groups in total. The molecule has 0 aliphatic carbocycles. The summed E-state index contributed by atoms with van der Waals surface area (Å²) in [5, 5.41) is 0.598. The van der Waals surface area contributed by atoms with Gasteiger partial charge in [-0.3, -0.25) is 9.59 Å². The van der Waals surface area contributed by atoms with Crippen LogP contribution in [0.2, 0.25) is 5.02 Å². The minimum Gasteiger partial charge on any atom is -0.497 e. The van der Waals surface area contributed by atoms with Crippen LogP contribution in [-0.2, 0) is 0 Å². The number of nitrogens with zero attached hydrogens (tertiary/aromatic N) is 2. The molecule has 1 aliphatic rings. The number of ether oxygens (including phenoxy) is 1. The van der Waals surface area contributed by atoms with E-state index in [2.05, 4.69) is 15.9 Å². The molecule has 1 aliphatic heterocycles. The SMILES string of the molecule is COc1ccc(Br)c(C(=O)N2CCN(C(=O)c3ccc(Cl)cc3)CC2)c1. The molecule has 0 unspecified atom stereocenters. The Labute approximate surface area is 165 Å². The number of hydrogen-bond acceptors (Lipinski definition) is 3. The third-order valence-electron chi connectivity index (χ3n) is 4.35. The van der Waals surface area contributed by atoms with Crippen LogP contribution in [0.1, 0.15) is 20.7 Å². The number of carbonyl (C=O) groups excluding carboxylic acids is 2. The number of amides is 2. The summed E-state index contributed by atoms with van der Waals surface area (Å²) >= 11 is 9.29. The van der Waals surface area contributed by atoms with E-state index in [1.54, 1.807) is 59.4 Å². The summed E-state index contributed by atoms with van der Waals surface area (Å²) in [5.74, 6) is 0.513. The number of hydrogen-bond donors (Lipinski definition) is 0. The molecule has 136 valence electrons. The monoisotopic (exact) mass is 436 g/mol. The Bertz CT molecular complexity index is 818. The number of halogens is 2. The fourth-order valence-electron chi connectivity index (χ4n) is 2.85. The molecular formula is C19H18BrClN2O3. The molecule has 26 heavy (non-hydrogen) atoms. The first-order valence-corrected chi connectivity index (χ1v) is 9.34. The van der Waals surface area contributed by atoms with Crippen LogP contribution in [0.3, 0.4) is 0 Å². The molecule has 0 radical (unpaired) electrons. The highest BCUT2D eigenvalue weighted by atomic mass is 79.9. The molecule has 2 aromatic rings. The van der Waals surface area contributed by atoms with E-state index in [1.165, 1.54) is 0 Å². The average molecular weight is 438 g/mol. The van der Waals surface area contributed by atoms with Crippen LogP contribution in [0.25, 0.3) is 0 Å². The Balaban J connectivity index is 1.65. The molecule has 0 saturated carbocycles. The first-order chi connectivity index (χ1) is 12.5. The van der Waals surface area contributed by atoms with E-state index >= 15 is 0 Å². The maximum absolute atomic E-state index is 12.8. The molecule has 0 spiro atoms. The zero-order chi connectivity index (χ0) is 18.7. The van der Waals surface area contributed by atoms with Crippen LogP contribution < -0.4 is 4.74 Å². The van der Waals surface area contributed by atoms with Crippen LogP contribution in [0.15, 0.2) is 46.9 Å². The van der Waals surface area contributed by atoms with Crippen molar-refractivity contribution in [3.8, 4) is 5.75 Å². The molecule has 1 fully saturated rings. The minimum atomic E-state index is -0.0747. The van der Waals surface area contributed by atoms with Gasteiger partial charge in [-0.05, 0) is 58.4 Å². The number of carbonyl (C=O) groups is 2. The number of rotatable bonds is 3. The predicted octanol–water partition coefficient (Wildman–Crippen LogP) is 3.71. The maximum Gasteiger partial charge on any atom is 0.255 e. The normalized spacial score (nSPS) is 14.3. The van der Waals surface area contributed by atoms with Gasteiger partial charge in [-0.1, -0.05) is 11.6 Å². The lowest BCUT2D eigenvalue weighted by atomic mass is 10.1. The van der Waals surface area contributed by atoms with Crippen molar-refractivity contribution in [1.29, 1.82) is 0 Å². The van der Waals surface area contributed by atoms with Crippen molar-refractivity contribution in [1.82, 2.24) is 9.80 Å². The van der Waals surface area contributed by atoms with Crippen molar-refractivity contribution in [3.63, 3.8) is 0 Å². The van der Waals surface area contributed by atoms with Gasteiger partial charge in [0.2, 0.25) is 0 Å². The van der Waals surface area contributed by atoms with Crippen molar-refractivity contribution in [2.24, 2.45) is 0 Å². The van der Waals surface area contributed by atoms with Crippen LogP contribution in [0, 0.1) is 0 Å². The predicted molar refractivity (Wildman–Crippen MR) is 104 cm³/mol. The summed E-state index contributed by atoms with van der Waals surface area (Å²) in [4.78, 5) is 28.9. The molecule has 0 bridgehead atoms. The number of methoxy groups -OCH3 is 1. The molecule has 1 saturated heterocycles. The lowest BCUT2D eigenvalue weighted by molar-refractivity contribution is 0.0535. The molecule has 5 nitrogen and oxygen atoms in total. The van der Waals surface area contributed by atoms with E-state index in [0.29, 0.717) is 48.1 Å². The second-order valence-electron chi connectivity index (χ2n) is 5.94. The molecule has 3 rings (SSSR count). The molecule has 2 amide bonds. The third kappa shape index (κ3) is 4.02. The fourth-order valence-corrected chi connectivity index (χ4v) is 3.40. The van der Waals surface area contributed by atoms with Crippen molar-refractivity contribution < 1.29 is 14.3 Å². The summed E-state index contributed by atoms with van der Waals surface area (Å²) < 4.78 is 5.92. The first kappa shape index (κ1) is 18.7. The van der Waals surface area contributed by atoms with Crippen LogP contribution >= 0.6 is 27.5 Å². The van der Waals surface area contributed by atoms with Crippen LogP contribution in [0.5, 0.6) is 5.75 Å². The van der Waals surface area contributed by atoms with Crippen LogP contribution in [-0.4, -0.2) is 54.9 Å². The van der Waals surface area contributed by atoms with Gasteiger partial charge in [0.25, 0.3) is 11.8 Å². The Morgan fingerprint density at radius 3 is 2.12 bits per heavy atom. The topological polar surface area (TPSA) is 49.9 Å². The van der Waals surface area contributed by atoms with Gasteiger partial charge in [0.15, 0.2) is 0 Å². The maximum atomic E-state index is 12.8. The van der Waals surface area contributed by atoms with Crippen LogP contribution in [0.4, 0.5) is 0 Å². The number of benzene rings is 2. The Kier molecular flexibility index (Phi) is 5.84. The zero-order valence-corrected chi connectivity index (χ0v) is 16.6. The third-order valence-corrected chi connectivity index (χ3v) is 5.29. The van der Waals surface area contributed by atoms with Gasteiger partial charge in [0.1, 0.15) is 5.75 Å². The molecule has 0 atom stereocenters. The summed E-state index contributed by atoms with van der Waals surface area (Å²) in [7, 11) is 1.57. The number of piperazine rings is 1. The van der Waals surface area contributed by atoms with E-state index in [1.807, 2.05) is 0 Å². The first-order valence-electron chi connectivity index (χ1n) is 8.17. The summed E-state index contributed by atoms with van der Waals surface area (Å²) in [6.07, 6.45) is 0. The summed E-state index contributed by atoms with van der Waals surface area (Å²) in [6.45, 7) is 1.97. The lowest BCUT2D eigenvalue weighted by Gasteiger charge is -2.35. The molecule has 2 aromatic carbocycles. The summed E-state index contributed by atoms with van der Waals surface area (Å²) in [5.41, 5.74) is 1.16. The van der Waals surface area contributed by atoms with Gasteiger partial charge >= 0.3 is 0 Å². The van der Waals surface area contributed by atoms with E-state index < -0.39 is 0 Å². The van der Waals surface area contributed by atoms with Gasteiger partial charge in [-0.2, -0.15) is 0 Å². The molecule has 7 heteroatoms.